The number of nitrogens with zero attached hydrogens (tertiary/aromatic N) is 7. The Hall–Kier alpha value is -3.28. The molecule has 312 valence electrons. The van der Waals surface area contributed by atoms with Gasteiger partial charge in [0.15, 0.2) is 0 Å². The second-order valence-electron chi connectivity index (χ2n) is 15.5. The van der Waals surface area contributed by atoms with Crippen LogP contribution in [0.25, 0.3) is 0 Å². The minimum atomic E-state index is -4.33. The normalized spacial score (nSPS) is 17.9. The van der Waals surface area contributed by atoms with Gasteiger partial charge in [0.1, 0.15) is 0 Å². The van der Waals surface area contributed by atoms with Gasteiger partial charge in [-0.15, -0.1) is 0 Å². The van der Waals surface area contributed by atoms with Crippen LogP contribution in [0.15, 0.2) is 109 Å². The van der Waals surface area contributed by atoms with Gasteiger partial charge >= 0.3 is 6.18 Å². The van der Waals surface area contributed by atoms with Crippen molar-refractivity contribution in [3.05, 3.63) is 90.5 Å². The summed E-state index contributed by atoms with van der Waals surface area (Å²) in [6.07, 6.45) is -2.38. The van der Waals surface area contributed by atoms with Gasteiger partial charge in [-0.1, -0.05) is 47.8 Å². The van der Waals surface area contributed by atoms with Crippen LogP contribution in [0.1, 0.15) is 18.4 Å². The van der Waals surface area contributed by atoms with E-state index in [-0.39, 0.29) is 0 Å². The molecular formula is C43H54F3N7O2S3. The van der Waals surface area contributed by atoms with Crippen molar-refractivity contribution >= 4 is 56.3 Å². The molecule has 2 saturated heterocycles. The minimum absolute atomic E-state index is 0.343. The van der Waals surface area contributed by atoms with E-state index in [9.17, 15) is 21.6 Å². The zero-order valence-corrected chi connectivity index (χ0v) is 36.2. The fourth-order valence-corrected chi connectivity index (χ4v) is 10.8. The van der Waals surface area contributed by atoms with Crippen molar-refractivity contribution < 1.29 is 21.6 Å². The number of anilines is 4. The van der Waals surface area contributed by atoms with Crippen molar-refractivity contribution in [2.45, 2.75) is 43.5 Å². The molecule has 4 heterocycles. The number of fused-ring (bicyclic) bond motifs is 4. The molecule has 0 aliphatic carbocycles. The van der Waals surface area contributed by atoms with E-state index < -0.39 is 21.8 Å². The molecule has 0 bridgehead atoms. The topological polar surface area (TPSA) is 56.8 Å². The van der Waals surface area contributed by atoms with Crippen molar-refractivity contribution in [2.75, 3.05) is 117 Å². The average molecular weight is 854 g/mol. The van der Waals surface area contributed by atoms with Gasteiger partial charge in [-0.05, 0) is 101 Å². The maximum atomic E-state index is 13.3. The summed E-state index contributed by atoms with van der Waals surface area (Å²) >= 11 is 3.25. The second-order valence-corrected chi connectivity index (χ2v) is 19.9. The standard InChI is InChI=1S/C22H30N4O2S2.C21H24F3N3S/c1-23(2)30(27,28)18-9-10-22-20(17-18)26(19-7-4-5-8-21(19)29-22)12-6-11-25-15-13-24(3)14-16-25;1-25-11-13-26(14-12-25)9-4-10-27-17-5-2-3-6-19(17)28-20-8-7-16(15-18(20)27)21(22,23)24/h4-5,7-10,17H,6,11-16H2,1-3H3;2-3,5-8,15H,4,9-14H2,1H3. The van der Waals surface area contributed by atoms with Crippen LogP contribution in [0.4, 0.5) is 35.9 Å². The van der Waals surface area contributed by atoms with Crippen LogP contribution in [0.3, 0.4) is 0 Å². The molecular weight excluding hydrogens is 800 g/mol. The van der Waals surface area contributed by atoms with Crippen LogP contribution in [-0.4, -0.2) is 139 Å². The first-order valence-corrected chi connectivity index (χ1v) is 23.0. The fraction of sp³-hybridized carbons (Fsp3) is 0.442. The Morgan fingerprint density at radius 1 is 0.569 bits per heavy atom. The summed E-state index contributed by atoms with van der Waals surface area (Å²) < 4.78 is 66.5. The van der Waals surface area contributed by atoms with Crippen LogP contribution in [0.5, 0.6) is 0 Å². The quantitative estimate of drug-likeness (QED) is 0.157. The third kappa shape index (κ3) is 10.0. The number of hydrogen-bond donors (Lipinski definition) is 0. The van der Waals surface area contributed by atoms with E-state index in [0.717, 1.165) is 117 Å². The number of hydrogen-bond acceptors (Lipinski definition) is 10. The number of benzene rings is 4. The zero-order valence-electron chi connectivity index (χ0n) is 33.8. The molecule has 0 saturated carbocycles. The van der Waals surface area contributed by atoms with Crippen LogP contribution < -0.4 is 9.80 Å². The lowest BCUT2D eigenvalue weighted by atomic mass is 10.1. The van der Waals surface area contributed by atoms with Gasteiger partial charge in [0.2, 0.25) is 10.0 Å². The molecule has 0 unspecified atom stereocenters. The first-order chi connectivity index (χ1) is 27.8. The maximum absolute atomic E-state index is 13.3. The SMILES string of the molecule is CN1CCN(CCCN2c3ccccc3Sc3ccc(C(F)(F)F)cc32)CC1.CN1CCN(CCCN2c3ccccc3Sc3ccc(S(=O)(=O)N(C)C)cc32)CC1. The van der Waals surface area contributed by atoms with E-state index in [4.69, 9.17) is 0 Å². The van der Waals surface area contributed by atoms with Crippen LogP contribution in [-0.2, 0) is 16.2 Å². The monoisotopic (exact) mass is 853 g/mol. The fourth-order valence-electron chi connectivity index (χ4n) is 7.72. The van der Waals surface area contributed by atoms with Gasteiger partial charge < -0.3 is 29.4 Å². The van der Waals surface area contributed by atoms with E-state index >= 15 is 0 Å². The summed E-state index contributed by atoms with van der Waals surface area (Å²) in [5.41, 5.74) is 3.22. The van der Waals surface area contributed by atoms with Crippen LogP contribution in [0, 0.1) is 0 Å². The molecule has 0 atom stereocenters. The summed E-state index contributed by atoms with van der Waals surface area (Å²) in [4.78, 5) is 18.7. The third-order valence-electron chi connectivity index (χ3n) is 11.2. The summed E-state index contributed by atoms with van der Waals surface area (Å²) in [5, 5.41) is 0. The largest absolute Gasteiger partial charge is 0.416 e. The number of alkyl halides is 3. The lowest BCUT2D eigenvalue weighted by Crippen LogP contribution is -2.45. The summed E-state index contributed by atoms with van der Waals surface area (Å²) in [6, 6.07) is 25.9. The van der Waals surface area contributed by atoms with E-state index in [1.165, 1.54) is 21.3 Å². The molecule has 4 aliphatic rings. The number of halogens is 3. The number of likely N-dealkylation sites (N-methyl/N-ethyl adjacent to an activating group) is 2. The van der Waals surface area contributed by atoms with E-state index in [0.29, 0.717) is 17.1 Å². The molecule has 2 fully saturated rings. The smallest absolute Gasteiger partial charge is 0.340 e. The summed E-state index contributed by atoms with van der Waals surface area (Å²) in [6.45, 7) is 12.3. The zero-order chi connectivity index (χ0) is 41.0. The van der Waals surface area contributed by atoms with Crippen molar-refractivity contribution in [2.24, 2.45) is 0 Å². The van der Waals surface area contributed by atoms with Crippen molar-refractivity contribution in [3.63, 3.8) is 0 Å². The molecule has 8 rings (SSSR count). The van der Waals surface area contributed by atoms with Gasteiger partial charge in [0.25, 0.3) is 0 Å². The van der Waals surface area contributed by atoms with E-state index in [1.54, 1.807) is 49.8 Å². The van der Waals surface area contributed by atoms with Crippen molar-refractivity contribution in [3.8, 4) is 0 Å². The molecule has 58 heavy (non-hydrogen) atoms. The maximum Gasteiger partial charge on any atom is 0.416 e. The Kier molecular flexibility index (Phi) is 13.7. The predicted octanol–water partition coefficient (Wildman–Crippen LogP) is 8.12. The first kappa shape index (κ1) is 42.8. The Labute approximate surface area is 350 Å². The molecule has 15 heteroatoms. The van der Waals surface area contributed by atoms with Gasteiger partial charge in [-0.2, -0.15) is 13.2 Å². The van der Waals surface area contributed by atoms with E-state index in [2.05, 4.69) is 67.8 Å². The summed E-state index contributed by atoms with van der Waals surface area (Å²) in [5.74, 6) is 0. The molecule has 0 aromatic heterocycles. The Morgan fingerprint density at radius 2 is 1.00 bits per heavy atom. The van der Waals surface area contributed by atoms with Crippen LogP contribution in [0.2, 0.25) is 0 Å². The highest BCUT2D eigenvalue weighted by molar-refractivity contribution is 8.00. The highest BCUT2D eigenvalue weighted by Gasteiger charge is 2.33. The molecule has 0 radical (unpaired) electrons. The third-order valence-corrected chi connectivity index (χ3v) is 15.3. The molecule has 4 aliphatic heterocycles. The Balaban J connectivity index is 0.000000177. The van der Waals surface area contributed by atoms with Gasteiger partial charge in [-0.3, -0.25) is 0 Å². The lowest BCUT2D eigenvalue weighted by molar-refractivity contribution is -0.137. The van der Waals surface area contributed by atoms with Crippen LogP contribution >= 0.6 is 23.5 Å². The molecule has 0 N–H and O–H groups in total. The highest BCUT2D eigenvalue weighted by atomic mass is 32.2. The number of sulfonamides is 1. The Morgan fingerprint density at radius 3 is 1.47 bits per heavy atom. The molecule has 4 aromatic carbocycles. The Bertz CT molecular complexity index is 2140. The highest BCUT2D eigenvalue weighted by Crippen LogP contribution is 2.50. The number of rotatable bonds is 10. The molecule has 4 aromatic rings. The van der Waals surface area contributed by atoms with Crippen molar-refractivity contribution in [1.29, 1.82) is 0 Å². The second kappa shape index (κ2) is 18.5. The number of piperazine rings is 2. The lowest BCUT2D eigenvalue weighted by Gasteiger charge is -2.35. The van der Waals surface area contributed by atoms with Gasteiger partial charge in [0, 0.05) is 99.1 Å². The molecule has 0 spiro atoms. The molecule has 0 amide bonds. The average Bonchev–Trinajstić information content (AvgIpc) is 3.21. The van der Waals surface area contributed by atoms with Crippen molar-refractivity contribution in [1.82, 2.24) is 23.9 Å². The first-order valence-electron chi connectivity index (χ1n) is 20.0. The van der Waals surface area contributed by atoms with Gasteiger partial charge in [0.05, 0.1) is 33.2 Å². The number of para-hydroxylation sites is 2. The van der Waals surface area contributed by atoms with Gasteiger partial charge in [-0.25, -0.2) is 12.7 Å². The summed E-state index contributed by atoms with van der Waals surface area (Å²) in [7, 11) is 3.99. The predicted molar refractivity (Wildman–Crippen MR) is 231 cm³/mol. The molecule has 9 nitrogen and oxygen atoms in total. The minimum Gasteiger partial charge on any atom is -0.340 e. The van der Waals surface area contributed by atoms with E-state index in [1.807, 2.05) is 36.4 Å².